The Kier molecular flexibility index (Phi) is 28.8. The summed E-state index contributed by atoms with van der Waals surface area (Å²) in [5.74, 6) is -5.73. The highest BCUT2D eigenvalue weighted by Gasteiger charge is 2.49. The number of esters is 1. The number of ether oxygens (including phenoxy) is 4. The first-order chi connectivity index (χ1) is 36.4. The fourth-order valence-electron chi connectivity index (χ4n) is 8.59. The summed E-state index contributed by atoms with van der Waals surface area (Å²) in [5, 5.41) is 141. The molecular formula is C51H82N6O20. The van der Waals surface area contributed by atoms with Crippen LogP contribution in [0.5, 0.6) is 0 Å². The van der Waals surface area contributed by atoms with E-state index in [1.54, 1.807) is 92.2 Å². The number of hydrazine groups is 1. The topological polar surface area (TPSA) is 438 Å². The normalized spacial score (nSPS) is 40.7. The van der Waals surface area contributed by atoms with Crippen molar-refractivity contribution in [1.29, 1.82) is 0 Å². The molecule has 26 heteroatoms. The summed E-state index contributed by atoms with van der Waals surface area (Å²) in [6.45, 7) is 5.63. The Morgan fingerprint density at radius 3 is 1.94 bits per heavy atom. The molecule has 19 N–H and O–H groups in total. The van der Waals surface area contributed by atoms with Gasteiger partial charge in [-0.15, -0.1) is 0 Å². The minimum absolute atomic E-state index is 0.156. The molecule has 0 spiro atoms. The highest BCUT2D eigenvalue weighted by atomic mass is 16.7. The van der Waals surface area contributed by atoms with Crippen molar-refractivity contribution in [2.24, 2.45) is 22.6 Å². The predicted molar refractivity (Wildman–Crippen MR) is 275 cm³/mol. The molecule has 0 radical (unpaired) electrons. The van der Waals surface area contributed by atoms with Crippen molar-refractivity contribution in [1.82, 2.24) is 21.6 Å². The van der Waals surface area contributed by atoms with E-state index in [0.717, 1.165) is 0 Å². The van der Waals surface area contributed by atoms with Gasteiger partial charge in [0, 0.05) is 37.5 Å². The van der Waals surface area contributed by atoms with Crippen LogP contribution in [0.3, 0.4) is 0 Å². The number of allylic oxidation sites excluding steroid dienone is 12. The third-order valence-electron chi connectivity index (χ3n) is 13.1. The molecule has 0 unspecified atom stereocenters. The summed E-state index contributed by atoms with van der Waals surface area (Å²) in [4.78, 5) is 41.8. The number of hydroxylamine groups is 1. The molecule has 0 saturated carbocycles. The Labute approximate surface area is 447 Å². The van der Waals surface area contributed by atoms with Gasteiger partial charge in [-0.1, -0.05) is 98.9 Å². The van der Waals surface area contributed by atoms with Crippen LogP contribution in [0.25, 0.3) is 0 Å². The molecule has 0 aliphatic carbocycles. The molecule has 3 amide bonds. The number of urea groups is 1. The lowest BCUT2D eigenvalue weighted by molar-refractivity contribution is -0.302. The fraction of sp³-hybridized carbons (Fsp3) is 0.647. The molecular weight excluding hydrogens is 1020 g/mol. The fourth-order valence-corrected chi connectivity index (χ4v) is 8.59. The van der Waals surface area contributed by atoms with Gasteiger partial charge in [0.15, 0.2) is 18.2 Å². The van der Waals surface area contributed by atoms with Crippen LogP contribution in [0.2, 0.25) is 0 Å². The second kappa shape index (κ2) is 33.5. The van der Waals surface area contributed by atoms with E-state index in [9.17, 15) is 75.8 Å². The van der Waals surface area contributed by atoms with Crippen LogP contribution >= 0.6 is 0 Å². The molecule has 26 nitrogen and oxygen atoms in total. The smallest absolute Gasteiger partial charge is 0.333 e. The molecule has 20 atom stereocenters. The first-order valence-electron chi connectivity index (χ1n) is 25.5. The lowest BCUT2D eigenvalue weighted by atomic mass is 9.87. The van der Waals surface area contributed by atoms with Crippen LogP contribution in [0.1, 0.15) is 79.1 Å². The van der Waals surface area contributed by atoms with Gasteiger partial charge < -0.3 is 91.3 Å². The van der Waals surface area contributed by atoms with E-state index in [0.29, 0.717) is 0 Å². The predicted octanol–water partition coefficient (Wildman–Crippen LogP) is -2.60. The molecule has 0 aromatic rings. The van der Waals surface area contributed by atoms with Crippen LogP contribution in [0.15, 0.2) is 90.1 Å². The maximum atomic E-state index is 13.1. The Bertz CT molecular complexity index is 2060. The second-order valence-electron chi connectivity index (χ2n) is 19.6. The number of cyclic esters (lactones) is 1. The highest BCUT2D eigenvalue weighted by Crippen LogP contribution is 2.36. The van der Waals surface area contributed by atoms with Crippen LogP contribution in [0.4, 0.5) is 4.79 Å². The zero-order valence-corrected chi connectivity index (χ0v) is 43.6. The van der Waals surface area contributed by atoms with Crippen LogP contribution in [-0.2, 0) is 28.5 Å². The monoisotopic (exact) mass is 1100 g/mol. The molecule has 0 aromatic carbocycles. The summed E-state index contributed by atoms with van der Waals surface area (Å²) in [6.07, 6.45) is -0.855. The number of carbonyl (C=O) groups is 3. The van der Waals surface area contributed by atoms with E-state index in [1.807, 2.05) is 17.8 Å². The molecule has 0 aromatic heterocycles. The number of aliphatic hydroxyl groups is 12. The molecule has 3 rings (SSSR count). The van der Waals surface area contributed by atoms with E-state index in [1.165, 1.54) is 19.1 Å². The van der Waals surface area contributed by atoms with Crippen molar-refractivity contribution >= 4 is 23.9 Å². The standard InChI is InChI=1S/C51H82N6O20/c1-28-17-15-13-11-9-7-5-6-8-10-12-14-16-18-35(76-48-46(69)43(53-49(52)57-73)45(68)31(4)75-48)24-40-42(54-50(71)56-55-47(70)39(65)27-58)38(64)26-51(72,77-40)25-34(61)22-37(63)36(62)20-19-32(59)21-33(60)23-41(66)74-30(3)29(2)44(28)67/h5-18,28-40,42-46,48,58-65,67-69,72-73H,19-27H2,1-4H3,(H,55,70)(H3,52,53,57)(H2,54,56,71)/b6-5+,9-7+,10-8+,13-11+,14-12+,17-15+,18-16+/t28-,29-,30-,31+,32+,33+,34-,35-,36+,37+,38-,39+,40-,42+,43-,44+,45+,46-,48-,51+/m0/s1. The number of nitrogens with zero attached hydrogens (tertiary/aromatic N) is 1. The molecule has 2 fully saturated rings. The zero-order chi connectivity index (χ0) is 57.4. The Balaban J connectivity index is 2.00. The number of nitrogens with one attached hydrogen (secondary N) is 4. The van der Waals surface area contributed by atoms with Crippen molar-refractivity contribution < 1.29 is 99.8 Å². The summed E-state index contributed by atoms with van der Waals surface area (Å²) in [6, 6.07) is -4.04. The van der Waals surface area contributed by atoms with Crippen LogP contribution in [0, 0.1) is 11.8 Å². The number of hydrogen-bond acceptors (Lipinski definition) is 21. The molecule has 3 aliphatic rings. The summed E-state index contributed by atoms with van der Waals surface area (Å²) < 4.78 is 23.7. The minimum atomic E-state index is -2.43. The molecule has 2 bridgehead atoms. The van der Waals surface area contributed by atoms with Gasteiger partial charge in [0.1, 0.15) is 24.4 Å². The average Bonchev–Trinajstić information content (AvgIpc) is 3.36. The largest absolute Gasteiger partial charge is 0.462 e. The molecule has 436 valence electrons. The van der Waals surface area contributed by atoms with Gasteiger partial charge in [-0.3, -0.25) is 20.2 Å². The number of rotatable bonds is 6. The van der Waals surface area contributed by atoms with Crippen molar-refractivity contribution in [3.05, 3.63) is 85.1 Å². The Morgan fingerprint density at radius 1 is 0.740 bits per heavy atom. The van der Waals surface area contributed by atoms with Gasteiger partial charge in [-0.25, -0.2) is 20.7 Å². The summed E-state index contributed by atoms with van der Waals surface area (Å²) in [5.41, 5.74) is 11.1. The average molecular weight is 1100 g/mol. The summed E-state index contributed by atoms with van der Waals surface area (Å²) >= 11 is 0. The van der Waals surface area contributed by atoms with Crippen molar-refractivity contribution in [2.45, 2.75) is 189 Å². The Hall–Kier alpha value is -4.98. The van der Waals surface area contributed by atoms with E-state index in [2.05, 4.69) is 10.3 Å². The number of carbonyl (C=O) groups excluding carboxylic acids is 3. The third kappa shape index (κ3) is 23.1. The number of aliphatic imine (C=N–C) groups is 1. The molecule has 2 saturated heterocycles. The number of fused-ring (bicyclic) bond motifs is 2. The summed E-state index contributed by atoms with van der Waals surface area (Å²) in [7, 11) is 0. The molecule has 3 heterocycles. The van der Waals surface area contributed by atoms with Crippen molar-refractivity contribution in [2.75, 3.05) is 6.61 Å². The molecule has 77 heavy (non-hydrogen) atoms. The van der Waals surface area contributed by atoms with Gasteiger partial charge in [0.25, 0.3) is 5.91 Å². The SMILES string of the molecule is C[C@@H]1[C@H](O)[C@@H](C)/C=C/C=C/C=C/C=C/C=C/C=C/C=C/[C@H](O[C@@H]2O[C@H](C)[C@@H](O)[C@H](N=C(N)NO)[C@@H]2O)C[C@@H]2O[C@](O)(C[C@@H](O)C[C@@H](O)[C@H](O)CC[C@@H](O)C[C@@H](O)CC(=O)O[C@H]1C)C[C@H](O)[C@H]2NC(=O)NNC(=O)[C@H](O)CO. The van der Waals surface area contributed by atoms with Crippen LogP contribution in [-0.4, -0.2) is 207 Å². The van der Waals surface area contributed by atoms with E-state index in [4.69, 9.17) is 29.8 Å². The van der Waals surface area contributed by atoms with E-state index >= 15 is 0 Å². The zero-order valence-electron chi connectivity index (χ0n) is 43.6. The maximum absolute atomic E-state index is 13.1. The first kappa shape index (κ1) is 66.3. The van der Waals surface area contributed by atoms with Crippen molar-refractivity contribution in [3.63, 3.8) is 0 Å². The second-order valence-corrected chi connectivity index (χ2v) is 19.6. The number of amides is 3. The number of nitrogens with two attached hydrogens (primary N) is 1. The van der Waals surface area contributed by atoms with Gasteiger partial charge in [0.05, 0.1) is 80.1 Å². The van der Waals surface area contributed by atoms with E-state index < -0.39 is 178 Å². The maximum Gasteiger partial charge on any atom is 0.333 e. The molecule has 3 aliphatic heterocycles. The van der Waals surface area contributed by atoms with Crippen LogP contribution < -0.4 is 27.4 Å². The third-order valence-corrected chi connectivity index (χ3v) is 13.1. The van der Waals surface area contributed by atoms with Crippen molar-refractivity contribution in [3.8, 4) is 0 Å². The first-order valence-corrected chi connectivity index (χ1v) is 25.5. The van der Waals surface area contributed by atoms with Gasteiger partial charge in [-0.2, -0.15) is 0 Å². The van der Waals surface area contributed by atoms with Gasteiger partial charge >= 0.3 is 12.0 Å². The Morgan fingerprint density at radius 2 is 1.34 bits per heavy atom. The number of aliphatic hydroxyl groups excluding tert-OH is 11. The highest BCUT2D eigenvalue weighted by molar-refractivity contribution is 5.84. The van der Waals surface area contributed by atoms with Gasteiger partial charge in [0.2, 0.25) is 5.96 Å². The van der Waals surface area contributed by atoms with Gasteiger partial charge in [-0.05, 0) is 33.1 Å². The number of hydrogen-bond donors (Lipinski definition) is 18. The lowest BCUT2D eigenvalue weighted by Crippen LogP contribution is -2.64. The van der Waals surface area contributed by atoms with E-state index in [-0.39, 0.29) is 25.2 Å². The minimum Gasteiger partial charge on any atom is -0.462 e. The lowest BCUT2D eigenvalue weighted by Gasteiger charge is -2.46. The quantitative estimate of drug-likeness (QED) is 0.0561. The number of guanidine groups is 1.